The third-order valence-electron chi connectivity index (χ3n) is 5.34. The van der Waals surface area contributed by atoms with Crippen molar-refractivity contribution in [1.29, 1.82) is 0 Å². The number of nitrogens with zero attached hydrogens (tertiary/aromatic N) is 4. The molecule has 2 aromatic heterocycles. The van der Waals surface area contributed by atoms with Crippen molar-refractivity contribution in [1.82, 2.24) is 19.9 Å². The lowest BCUT2D eigenvalue weighted by Gasteiger charge is -2.36. The largest absolute Gasteiger partial charge is 0.489 e. The number of rotatable bonds is 0. The summed E-state index contributed by atoms with van der Waals surface area (Å²) < 4.78 is 27.8. The minimum absolute atomic E-state index is 0.0591. The SMILES string of the molecule is C=C1NC[C@H](C)Oc2ccc(F)cc2CN2c3nc4c1cnn4cc3OC[C@@H]2C. The smallest absolute Gasteiger partial charge is 0.180 e. The Kier molecular flexibility index (Phi) is 4.08. The van der Waals surface area contributed by atoms with Crippen molar-refractivity contribution in [2.24, 2.45) is 0 Å². The Labute approximate surface area is 167 Å². The minimum atomic E-state index is -0.293. The van der Waals surface area contributed by atoms with Gasteiger partial charge in [-0.15, -0.1) is 0 Å². The van der Waals surface area contributed by atoms with Gasteiger partial charge in [-0.1, -0.05) is 6.58 Å². The van der Waals surface area contributed by atoms with Gasteiger partial charge in [0.15, 0.2) is 17.2 Å². The topological polar surface area (TPSA) is 63.9 Å². The average Bonchev–Trinajstić information content (AvgIpc) is 3.11. The lowest BCUT2D eigenvalue weighted by molar-refractivity contribution is 0.220. The van der Waals surface area contributed by atoms with Gasteiger partial charge < -0.3 is 19.7 Å². The summed E-state index contributed by atoms with van der Waals surface area (Å²) in [5, 5.41) is 7.70. The fraction of sp³-hybridized carbons (Fsp3) is 0.333. The number of halogens is 1. The first-order valence-corrected chi connectivity index (χ1v) is 9.65. The van der Waals surface area contributed by atoms with E-state index in [9.17, 15) is 4.39 Å². The zero-order chi connectivity index (χ0) is 20.1. The molecule has 0 spiro atoms. The van der Waals surface area contributed by atoms with E-state index in [1.165, 1.54) is 12.1 Å². The van der Waals surface area contributed by atoms with Crippen molar-refractivity contribution < 1.29 is 13.9 Å². The first-order chi connectivity index (χ1) is 14.0. The van der Waals surface area contributed by atoms with E-state index in [4.69, 9.17) is 14.5 Å². The summed E-state index contributed by atoms with van der Waals surface area (Å²) in [6.07, 6.45) is 3.43. The predicted molar refractivity (Wildman–Crippen MR) is 108 cm³/mol. The first kappa shape index (κ1) is 17.8. The third-order valence-corrected chi connectivity index (χ3v) is 5.34. The summed E-state index contributed by atoms with van der Waals surface area (Å²) >= 11 is 0. The molecule has 0 aliphatic carbocycles. The molecule has 8 heteroatoms. The molecule has 1 aromatic carbocycles. The molecule has 150 valence electrons. The second-order valence-electron chi connectivity index (χ2n) is 7.58. The molecule has 7 nitrogen and oxygen atoms in total. The van der Waals surface area contributed by atoms with Gasteiger partial charge in [0.05, 0.1) is 30.5 Å². The van der Waals surface area contributed by atoms with Gasteiger partial charge in [0.25, 0.3) is 0 Å². The van der Waals surface area contributed by atoms with Crippen LogP contribution in [-0.2, 0) is 6.54 Å². The molecule has 2 aliphatic rings. The van der Waals surface area contributed by atoms with Crippen molar-refractivity contribution in [3.05, 3.63) is 54.1 Å². The molecule has 29 heavy (non-hydrogen) atoms. The molecule has 4 heterocycles. The van der Waals surface area contributed by atoms with Crippen LogP contribution in [0.2, 0.25) is 0 Å². The van der Waals surface area contributed by atoms with E-state index in [1.807, 2.05) is 13.1 Å². The Morgan fingerprint density at radius 3 is 3.00 bits per heavy atom. The maximum absolute atomic E-state index is 14.1. The van der Waals surface area contributed by atoms with Crippen LogP contribution in [0.15, 0.2) is 37.2 Å². The van der Waals surface area contributed by atoms with Gasteiger partial charge in [-0.3, -0.25) is 0 Å². The molecule has 0 saturated heterocycles. The van der Waals surface area contributed by atoms with Crippen molar-refractivity contribution in [3.8, 4) is 11.5 Å². The highest BCUT2D eigenvalue weighted by atomic mass is 19.1. The van der Waals surface area contributed by atoms with E-state index >= 15 is 0 Å². The molecule has 2 aliphatic heterocycles. The Balaban J connectivity index is 1.70. The van der Waals surface area contributed by atoms with Crippen LogP contribution in [0, 0.1) is 5.82 Å². The lowest BCUT2D eigenvalue weighted by atomic mass is 10.1. The second kappa shape index (κ2) is 6.65. The van der Waals surface area contributed by atoms with Crippen LogP contribution in [0.25, 0.3) is 11.3 Å². The Morgan fingerprint density at radius 1 is 1.28 bits per heavy atom. The molecule has 0 amide bonds. The highest BCUT2D eigenvalue weighted by Gasteiger charge is 2.29. The average molecular weight is 395 g/mol. The quantitative estimate of drug-likeness (QED) is 0.631. The Morgan fingerprint density at radius 2 is 2.14 bits per heavy atom. The van der Waals surface area contributed by atoms with Crippen LogP contribution < -0.4 is 19.7 Å². The molecule has 2 atom stereocenters. The predicted octanol–water partition coefficient (Wildman–Crippen LogP) is 3.00. The summed E-state index contributed by atoms with van der Waals surface area (Å²) in [4.78, 5) is 6.99. The van der Waals surface area contributed by atoms with Crippen LogP contribution in [-0.4, -0.2) is 39.9 Å². The van der Waals surface area contributed by atoms with Crippen LogP contribution in [0.3, 0.4) is 0 Å². The first-order valence-electron chi connectivity index (χ1n) is 9.65. The van der Waals surface area contributed by atoms with E-state index in [2.05, 4.69) is 28.8 Å². The molecule has 5 rings (SSSR count). The fourth-order valence-electron chi connectivity index (χ4n) is 3.74. The van der Waals surface area contributed by atoms with E-state index in [0.29, 0.717) is 42.7 Å². The van der Waals surface area contributed by atoms with E-state index < -0.39 is 0 Å². The zero-order valence-corrected chi connectivity index (χ0v) is 16.4. The molecular weight excluding hydrogens is 373 g/mol. The molecule has 3 aromatic rings. The Hall–Kier alpha value is -3.29. The van der Waals surface area contributed by atoms with Crippen molar-refractivity contribution in [3.63, 3.8) is 0 Å². The number of fused-ring (bicyclic) bond motifs is 1. The van der Waals surface area contributed by atoms with Gasteiger partial charge in [-0.2, -0.15) is 5.10 Å². The number of nitrogens with one attached hydrogen (secondary N) is 1. The van der Waals surface area contributed by atoms with Crippen LogP contribution in [0.4, 0.5) is 10.2 Å². The van der Waals surface area contributed by atoms with Gasteiger partial charge in [-0.25, -0.2) is 13.9 Å². The second-order valence-corrected chi connectivity index (χ2v) is 7.58. The maximum atomic E-state index is 14.1. The minimum Gasteiger partial charge on any atom is -0.489 e. The van der Waals surface area contributed by atoms with Gasteiger partial charge in [0.2, 0.25) is 0 Å². The number of aromatic nitrogens is 3. The monoisotopic (exact) mass is 395 g/mol. The number of anilines is 1. The van der Waals surface area contributed by atoms with Gasteiger partial charge in [0.1, 0.15) is 24.3 Å². The van der Waals surface area contributed by atoms with Crippen molar-refractivity contribution in [2.45, 2.75) is 32.5 Å². The van der Waals surface area contributed by atoms with E-state index in [1.54, 1.807) is 16.8 Å². The van der Waals surface area contributed by atoms with Gasteiger partial charge >= 0.3 is 0 Å². The summed E-state index contributed by atoms with van der Waals surface area (Å²) in [6, 6.07) is 4.70. The van der Waals surface area contributed by atoms with Crippen molar-refractivity contribution >= 4 is 17.2 Å². The maximum Gasteiger partial charge on any atom is 0.180 e. The normalized spacial score (nSPS) is 21.3. The molecule has 0 radical (unpaired) electrons. The van der Waals surface area contributed by atoms with Crippen LogP contribution in [0.5, 0.6) is 11.5 Å². The molecule has 2 bridgehead atoms. The van der Waals surface area contributed by atoms with E-state index in [0.717, 1.165) is 16.8 Å². The summed E-state index contributed by atoms with van der Waals surface area (Å²) in [5.74, 6) is 1.72. The highest BCUT2D eigenvalue weighted by molar-refractivity contribution is 5.75. The molecule has 0 unspecified atom stereocenters. The lowest BCUT2D eigenvalue weighted by Crippen LogP contribution is -2.41. The molecule has 0 saturated carbocycles. The number of ether oxygens (including phenoxy) is 2. The Bertz CT molecular complexity index is 1110. The summed E-state index contributed by atoms with van der Waals surface area (Å²) in [6.45, 7) is 9.68. The number of hydrogen-bond acceptors (Lipinski definition) is 6. The molecule has 0 fully saturated rings. The standard InChI is InChI=1S/C21H22FN5O2/c1-12-11-28-19-10-27-20-17(8-24-27)14(3)23-7-13(2)29-18-5-4-16(22)6-15(18)9-26(12)21(19)25-20/h4-6,8,10,12-13,23H,3,7,9,11H2,1-2H3/t12-,13-/m0/s1. The zero-order valence-electron chi connectivity index (χ0n) is 16.4. The highest BCUT2D eigenvalue weighted by Crippen LogP contribution is 2.36. The third kappa shape index (κ3) is 3.04. The van der Waals surface area contributed by atoms with Gasteiger partial charge in [0, 0.05) is 17.8 Å². The van der Waals surface area contributed by atoms with Gasteiger partial charge in [-0.05, 0) is 32.0 Å². The molecule has 1 N–H and O–H groups in total. The van der Waals surface area contributed by atoms with Crippen LogP contribution >= 0.6 is 0 Å². The van der Waals surface area contributed by atoms with E-state index in [-0.39, 0.29) is 18.0 Å². The fourth-order valence-corrected chi connectivity index (χ4v) is 3.74. The number of benzene rings is 1. The van der Waals surface area contributed by atoms with Crippen LogP contribution in [0.1, 0.15) is 25.0 Å². The van der Waals surface area contributed by atoms with Crippen molar-refractivity contribution in [2.75, 3.05) is 18.1 Å². The summed E-state index contributed by atoms with van der Waals surface area (Å²) in [5.41, 5.74) is 3.00. The molecular formula is C21H22FN5O2. The number of hydrogen-bond donors (Lipinski definition) is 1. The summed E-state index contributed by atoms with van der Waals surface area (Å²) in [7, 11) is 0.